The fraction of sp³-hybridized carbons (Fsp3) is 0.333. The van der Waals surface area contributed by atoms with Crippen LogP contribution in [0.3, 0.4) is 0 Å². The van der Waals surface area contributed by atoms with Crippen LogP contribution in [0.5, 0.6) is 0 Å². The summed E-state index contributed by atoms with van der Waals surface area (Å²) in [4.78, 5) is 28.9. The minimum Gasteiger partial charge on any atom is -0.350 e. The summed E-state index contributed by atoms with van der Waals surface area (Å²) < 4.78 is 28.8. The number of carbonyl (C=O) groups is 2. The average molecular weight is 605 g/mol. The van der Waals surface area contributed by atoms with Crippen molar-refractivity contribution in [2.24, 2.45) is 0 Å². The van der Waals surface area contributed by atoms with Crippen molar-refractivity contribution in [2.45, 2.75) is 64.1 Å². The second-order valence-corrected chi connectivity index (χ2v) is 13.4. The molecule has 0 fully saturated rings. The van der Waals surface area contributed by atoms with E-state index in [4.69, 9.17) is 23.2 Å². The van der Waals surface area contributed by atoms with Crippen molar-refractivity contribution < 1.29 is 18.0 Å². The van der Waals surface area contributed by atoms with Crippen molar-refractivity contribution in [1.82, 2.24) is 10.2 Å². The normalized spacial score (nSPS) is 12.5. The molecule has 40 heavy (non-hydrogen) atoms. The average Bonchev–Trinajstić information content (AvgIpc) is 2.86. The topological polar surface area (TPSA) is 86.8 Å². The number of sulfonamides is 1. The number of anilines is 1. The number of halogens is 2. The van der Waals surface area contributed by atoms with E-state index in [1.807, 2.05) is 58.9 Å². The van der Waals surface area contributed by atoms with Crippen LogP contribution in [0.25, 0.3) is 0 Å². The van der Waals surface area contributed by atoms with Gasteiger partial charge < -0.3 is 10.2 Å². The zero-order chi connectivity index (χ0) is 29.7. The van der Waals surface area contributed by atoms with Crippen LogP contribution in [0.1, 0.15) is 45.2 Å². The molecular weight excluding hydrogens is 569 g/mol. The SMILES string of the molecule is CCC(C(=O)NC(C)(C)C)N(Cc1cccc(C)c1)C(=O)CN(c1cccc(Cl)c1)S(=O)(=O)c1ccc(Cl)cc1. The molecule has 10 heteroatoms. The highest BCUT2D eigenvalue weighted by Gasteiger charge is 2.34. The van der Waals surface area contributed by atoms with Gasteiger partial charge in [-0.05, 0) is 82.1 Å². The van der Waals surface area contributed by atoms with Crippen LogP contribution in [-0.2, 0) is 26.2 Å². The third-order valence-corrected chi connectivity index (χ3v) is 8.37. The van der Waals surface area contributed by atoms with E-state index in [0.717, 1.165) is 15.4 Å². The van der Waals surface area contributed by atoms with Gasteiger partial charge in [-0.2, -0.15) is 0 Å². The Balaban J connectivity index is 2.08. The fourth-order valence-electron chi connectivity index (χ4n) is 4.27. The molecular formula is C30H35Cl2N3O4S. The third-order valence-electron chi connectivity index (χ3n) is 6.10. The van der Waals surface area contributed by atoms with Crippen LogP contribution < -0.4 is 9.62 Å². The molecule has 0 bridgehead atoms. The van der Waals surface area contributed by atoms with Gasteiger partial charge in [-0.25, -0.2) is 8.42 Å². The molecule has 1 atom stereocenters. The van der Waals surface area contributed by atoms with E-state index >= 15 is 0 Å². The Morgan fingerprint density at radius 3 is 2.15 bits per heavy atom. The largest absolute Gasteiger partial charge is 0.350 e. The van der Waals surface area contributed by atoms with E-state index in [1.165, 1.54) is 35.2 Å². The quantitative estimate of drug-likeness (QED) is 0.298. The smallest absolute Gasteiger partial charge is 0.264 e. The number of amides is 2. The number of hydrogen-bond acceptors (Lipinski definition) is 4. The van der Waals surface area contributed by atoms with Crippen LogP contribution in [0.15, 0.2) is 77.7 Å². The summed E-state index contributed by atoms with van der Waals surface area (Å²) in [5, 5.41) is 3.65. The molecule has 7 nitrogen and oxygen atoms in total. The number of benzene rings is 3. The molecule has 214 valence electrons. The first kappa shape index (κ1) is 31.5. The molecule has 0 spiro atoms. The molecule has 3 aromatic carbocycles. The molecule has 0 aliphatic carbocycles. The number of rotatable bonds is 10. The van der Waals surface area contributed by atoms with Gasteiger partial charge in [-0.15, -0.1) is 0 Å². The Kier molecular flexibility index (Phi) is 10.3. The van der Waals surface area contributed by atoms with Gasteiger partial charge in [0.2, 0.25) is 11.8 Å². The third kappa shape index (κ3) is 8.22. The second-order valence-electron chi connectivity index (χ2n) is 10.6. The maximum absolute atomic E-state index is 14.1. The maximum atomic E-state index is 14.1. The summed E-state index contributed by atoms with van der Waals surface area (Å²) in [6, 6.07) is 18.8. The highest BCUT2D eigenvalue weighted by molar-refractivity contribution is 7.92. The molecule has 0 aliphatic rings. The number of aryl methyl sites for hydroxylation is 1. The van der Waals surface area contributed by atoms with Crippen LogP contribution >= 0.6 is 23.2 Å². The molecule has 0 heterocycles. The molecule has 3 rings (SSSR count). The lowest BCUT2D eigenvalue weighted by molar-refractivity contribution is -0.141. The van der Waals surface area contributed by atoms with Gasteiger partial charge in [0, 0.05) is 22.1 Å². The second kappa shape index (κ2) is 13.1. The summed E-state index contributed by atoms with van der Waals surface area (Å²) in [5.74, 6) is -0.846. The zero-order valence-electron chi connectivity index (χ0n) is 23.3. The number of carbonyl (C=O) groups excluding carboxylic acids is 2. The van der Waals surface area contributed by atoms with Crippen molar-refractivity contribution in [3.8, 4) is 0 Å². The monoisotopic (exact) mass is 603 g/mol. The number of nitrogens with zero attached hydrogens (tertiary/aromatic N) is 2. The molecule has 1 unspecified atom stereocenters. The molecule has 0 saturated heterocycles. The van der Waals surface area contributed by atoms with Gasteiger partial charge in [0.05, 0.1) is 10.6 Å². The minimum atomic E-state index is -4.21. The summed E-state index contributed by atoms with van der Waals surface area (Å²) in [5.41, 5.74) is 1.53. The van der Waals surface area contributed by atoms with Crippen molar-refractivity contribution in [2.75, 3.05) is 10.8 Å². The summed E-state index contributed by atoms with van der Waals surface area (Å²) in [6.07, 6.45) is 0.334. The first-order chi connectivity index (χ1) is 18.7. The number of hydrogen-bond donors (Lipinski definition) is 1. The lowest BCUT2D eigenvalue weighted by Crippen LogP contribution is -2.55. The molecule has 1 N–H and O–H groups in total. The van der Waals surface area contributed by atoms with Crippen molar-refractivity contribution in [3.63, 3.8) is 0 Å². The van der Waals surface area contributed by atoms with Gasteiger partial charge >= 0.3 is 0 Å². The Morgan fingerprint density at radius 2 is 1.57 bits per heavy atom. The van der Waals surface area contributed by atoms with Crippen molar-refractivity contribution in [1.29, 1.82) is 0 Å². The number of nitrogens with one attached hydrogen (secondary N) is 1. The Hall–Kier alpha value is -3.07. The Bertz CT molecular complexity index is 1450. The van der Waals surface area contributed by atoms with E-state index in [0.29, 0.717) is 16.5 Å². The van der Waals surface area contributed by atoms with Crippen molar-refractivity contribution in [3.05, 3.63) is 94.0 Å². The summed E-state index contributed by atoms with van der Waals surface area (Å²) >= 11 is 12.2. The fourth-order valence-corrected chi connectivity index (χ4v) is 5.99. The predicted octanol–water partition coefficient (Wildman–Crippen LogP) is 6.22. The van der Waals surface area contributed by atoms with Crippen molar-refractivity contribution >= 4 is 50.7 Å². The van der Waals surface area contributed by atoms with E-state index in [2.05, 4.69) is 5.32 Å². The van der Waals surface area contributed by atoms with Gasteiger partial charge in [-0.3, -0.25) is 13.9 Å². The predicted molar refractivity (Wildman–Crippen MR) is 161 cm³/mol. The maximum Gasteiger partial charge on any atom is 0.264 e. The molecule has 0 aliphatic heterocycles. The summed E-state index contributed by atoms with van der Waals surface area (Å²) in [7, 11) is -4.21. The van der Waals surface area contributed by atoms with E-state index in [9.17, 15) is 18.0 Å². The molecule has 3 aromatic rings. The van der Waals surface area contributed by atoms with Gasteiger partial charge in [0.25, 0.3) is 10.0 Å². The summed E-state index contributed by atoms with van der Waals surface area (Å²) in [6.45, 7) is 8.94. The van der Waals surface area contributed by atoms with Gasteiger partial charge in [-0.1, -0.05) is 66.0 Å². The molecule has 0 saturated carbocycles. The zero-order valence-corrected chi connectivity index (χ0v) is 25.6. The van der Waals surface area contributed by atoms with E-state index in [-0.39, 0.29) is 23.0 Å². The first-order valence-electron chi connectivity index (χ1n) is 12.9. The van der Waals surface area contributed by atoms with Gasteiger partial charge in [0.15, 0.2) is 0 Å². The van der Waals surface area contributed by atoms with Crippen LogP contribution in [0, 0.1) is 6.92 Å². The van der Waals surface area contributed by atoms with E-state index in [1.54, 1.807) is 18.2 Å². The lowest BCUT2D eigenvalue weighted by atomic mass is 10.0. The Labute approximate surface area is 247 Å². The minimum absolute atomic E-state index is 0.0348. The lowest BCUT2D eigenvalue weighted by Gasteiger charge is -2.34. The highest BCUT2D eigenvalue weighted by atomic mass is 35.5. The molecule has 2 amide bonds. The van der Waals surface area contributed by atoms with E-state index < -0.39 is 34.1 Å². The first-order valence-corrected chi connectivity index (χ1v) is 15.1. The standard InChI is InChI=1S/C30H35Cl2N3O4S/c1-6-27(29(37)33-30(3,4)5)34(19-22-10-7-9-21(2)17-22)28(36)20-35(25-12-8-11-24(32)18-25)40(38,39)26-15-13-23(31)14-16-26/h7-18,27H,6,19-20H2,1-5H3,(H,33,37). The van der Waals surface area contributed by atoms with Crippen LogP contribution in [0.2, 0.25) is 10.0 Å². The Morgan fingerprint density at radius 1 is 0.925 bits per heavy atom. The van der Waals surface area contributed by atoms with Gasteiger partial charge in [0.1, 0.15) is 12.6 Å². The molecule has 0 radical (unpaired) electrons. The molecule has 0 aromatic heterocycles. The van der Waals surface area contributed by atoms with Crippen LogP contribution in [-0.4, -0.2) is 43.3 Å². The van der Waals surface area contributed by atoms with Crippen LogP contribution in [0.4, 0.5) is 5.69 Å². The highest BCUT2D eigenvalue weighted by Crippen LogP contribution is 2.28.